The van der Waals surface area contributed by atoms with Gasteiger partial charge in [-0.05, 0) is 43.4 Å². The monoisotopic (exact) mass is 278 g/mol. The highest BCUT2D eigenvalue weighted by atomic mass is 32.2. The van der Waals surface area contributed by atoms with Gasteiger partial charge < -0.3 is 5.73 Å². The van der Waals surface area contributed by atoms with Crippen molar-refractivity contribution >= 4 is 15.7 Å². The van der Waals surface area contributed by atoms with Gasteiger partial charge in [0, 0.05) is 12.2 Å². The molecule has 102 valence electrons. The molecule has 1 fully saturated rings. The molecule has 0 atom stereocenters. The topological polar surface area (TPSA) is 63.4 Å². The molecule has 0 radical (unpaired) electrons. The molecule has 19 heavy (non-hydrogen) atoms. The molecule has 1 aliphatic rings. The van der Waals surface area contributed by atoms with Gasteiger partial charge in [0.05, 0.1) is 11.4 Å². The van der Waals surface area contributed by atoms with Gasteiger partial charge in [-0.15, -0.1) is 6.42 Å². The number of anilines is 1. The van der Waals surface area contributed by atoms with Crippen LogP contribution in [0.2, 0.25) is 0 Å². The van der Waals surface area contributed by atoms with Crippen molar-refractivity contribution in [3.05, 3.63) is 23.8 Å². The summed E-state index contributed by atoms with van der Waals surface area (Å²) in [6.07, 6.45) is 7.44. The fourth-order valence-corrected chi connectivity index (χ4v) is 3.67. The number of benzene rings is 1. The molecule has 4 nitrogen and oxygen atoms in total. The first kappa shape index (κ1) is 13.9. The molecule has 0 saturated heterocycles. The molecule has 0 bridgehead atoms. The van der Waals surface area contributed by atoms with Gasteiger partial charge in [-0.1, -0.05) is 12.0 Å². The summed E-state index contributed by atoms with van der Waals surface area (Å²) in [5.74, 6) is 2.87. The number of terminal acetylenes is 1. The maximum absolute atomic E-state index is 12.6. The van der Waals surface area contributed by atoms with E-state index in [4.69, 9.17) is 12.2 Å². The molecule has 0 aromatic heterocycles. The highest BCUT2D eigenvalue weighted by molar-refractivity contribution is 7.89. The normalized spacial score (nSPS) is 15.4. The quantitative estimate of drug-likeness (QED) is 0.657. The summed E-state index contributed by atoms with van der Waals surface area (Å²) in [7, 11) is -3.56. The fraction of sp³-hybridized carbons (Fsp3) is 0.429. The van der Waals surface area contributed by atoms with E-state index in [-0.39, 0.29) is 11.4 Å². The maximum atomic E-state index is 12.6. The molecule has 2 rings (SSSR count). The van der Waals surface area contributed by atoms with Gasteiger partial charge in [-0.2, -0.15) is 4.31 Å². The minimum Gasteiger partial charge on any atom is -0.398 e. The predicted molar refractivity (Wildman–Crippen MR) is 75.9 cm³/mol. The Labute approximate surface area is 114 Å². The van der Waals surface area contributed by atoms with Crippen LogP contribution in [-0.4, -0.2) is 25.8 Å². The Hall–Kier alpha value is -1.51. The smallest absolute Gasteiger partial charge is 0.244 e. The minimum absolute atomic E-state index is 0.104. The van der Waals surface area contributed by atoms with Crippen molar-refractivity contribution in [2.24, 2.45) is 5.92 Å². The molecule has 5 heteroatoms. The highest BCUT2D eigenvalue weighted by Gasteiger charge is 2.32. The van der Waals surface area contributed by atoms with Gasteiger partial charge in [0.2, 0.25) is 10.0 Å². The van der Waals surface area contributed by atoms with Crippen molar-refractivity contribution in [3.63, 3.8) is 0 Å². The molecule has 1 aromatic rings. The second-order valence-corrected chi connectivity index (χ2v) is 6.82. The van der Waals surface area contributed by atoms with Gasteiger partial charge in [0.1, 0.15) is 0 Å². The molecule has 1 aromatic carbocycles. The van der Waals surface area contributed by atoms with E-state index in [2.05, 4.69) is 5.92 Å². The molecule has 0 aliphatic heterocycles. The zero-order valence-corrected chi connectivity index (χ0v) is 11.8. The Morgan fingerprint density at radius 2 is 2.16 bits per heavy atom. The summed E-state index contributed by atoms with van der Waals surface area (Å²) in [6.45, 7) is 2.32. The third-order valence-corrected chi connectivity index (χ3v) is 5.33. The van der Waals surface area contributed by atoms with Crippen LogP contribution < -0.4 is 5.73 Å². The van der Waals surface area contributed by atoms with Crippen LogP contribution in [0.5, 0.6) is 0 Å². The van der Waals surface area contributed by atoms with Crippen LogP contribution in [0.1, 0.15) is 18.4 Å². The minimum atomic E-state index is -3.56. The molecule has 0 heterocycles. The lowest BCUT2D eigenvalue weighted by Crippen LogP contribution is -2.33. The van der Waals surface area contributed by atoms with E-state index in [1.165, 1.54) is 4.31 Å². The number of sulfonamides is 1. The predicted octanol–water partition coefficient (Wildman–Crippen LogP) is 1.61. The lowest BCUT2D eigenvalue weighted by atomic mass is 10.2. The van der Waals surface area contributed by atoms with E-state index in [9.17, 15) is 8.42 Å². The van der Waals surface area contributed by atoms with Crippen LogP contribution in [-0.2, 0) is 10.0 Å². The molecule has 2 N–H and O–H groups in total. The number of nitrogen functional groups attached to an aromatic ring is 1. The van der Waals surface area contributed by atoms with Crippen molar-refractivity contribution in [2.75, 3.05) is 18.8 Å². The standard InChI is InChI=1S/C14H18N2O2S/c1-3-9-16(10-12-7-8-12)19(17,18)14-6-4-5-13(15)11(14)2/h1,4-6,12H,7-10,15H2,2H3. The van der Waals surface area contributed by atoms with Gasteiger partial charge in [0.15, 0.2) is 0 Å². The summed E-state index contributed by atoms with van der Waals surface area (Å²) in [6, 6.07) is 4.93. The van der Waals surface area contributed by atoms with Crippen LogP contribution in [0.25, 0.3) is 0 Å². The average Bonchev–Trinajstić information content (AvgIpc) is 3.16. The van der Waals surface area contributed by atoms with Crippen LogP contribution in [0.3, 0.4) is 0 Å². The van der Waals surface area contributed by atoms with E-state index in [0.29, 0.717) is 23.7 Å². The van der Waals surface area contributed by atoms with Crippen LogP contribution in [0.4, 0.5) is 5.69 Å². The van der Waals surface area contributed by atoms with Crippen molar-refractivity contribution in [1.82, 2.24) is 4.31 Å². The van der Waals surface area contributed by atoms with Crippen LogP contribution in [0, 0.1) is 25.2 Å². The largest absolute Gasteiger partial charge is 0.398 e. The molecule has 0 amide bonds. The highest BCUT2D eigenvalue weighted by Crippen LogP contribution is 2.32. The number of rotatable bonds is 5. The summed E-state index contributed by atoms with van der Waals surface area (Å²) in [5.41, 5.74) is 6.85. The first-order chi connectivity index (χ1) is 8.96. The zero-order valence-electron chi connectivity index (χ0n) is 11.0. The van der Waals surface area contributed by atoms with Crippen molar-refractivity contribution in [2.45, 2.75) is 24.7 Å². The number of nitrogens with two attached hydrogens (primary N) is 1. The molecule has 1 aliphatic carbocycles. The Morgan fingerprint density at radius 3 is 2.74 bits per heavy atom. The molecule has 0 unspecified atom stereocenters. The van der Waals surface area contributed by atoms with Gasteiger partial charge >= 0.3 is 0 Å². The second-order valence-electron chi connectivity index (χ2n) is 4.92. The van der Waals surface area contributed by atoms with E-state index in [1.54, 1.807) is 25.1 Å². The van der Waals surface area contributed by atoms with Crippen molar-refractivity contribution in [1.29, 1.82) is 0 Å². The van der Waals surface area contributed by atoms with E-state index in [0.717, 1.165) is 12.8 Å². The van der Waals surface area contributed by atoms with Gasteiger partial charge in [-0.25, -0.2) is 8.42 Å². The summed E-state index contributed by atoms with van der Waals surface area (Å²) in [4.78, 5) is 0.253. The first-order valence-corrected chi connectivity index (χ1v) is 7.69. The second kappa shape index (κ2) is 5.24. The van der Waals surface area contributed by atoms with Crippen molar-refractivity contribution in [3.8, 4) is 12.3 Å². The van der Waals surface area contributed by atoms with Gasteiger partial charge in [-0.3, -0.25) is 0 Å². The van der Waals surface area contributed by atoms with E-state index in [1.807, 2.05) is 0 Å². The summed E-state index contributed by atoms with van der Waals surface area (Å²) in [5, 5.41) is 0. The zero-order chi connectivity index (χ0) is 14.0. The number of nitrogens with zero attached hydrogens (tertiary/aromatic N) is 1. The third-order valence-electron chi connectivity index (χ3n) is 3.37. The fourth-order valence-electron chi connectivity index (χ4n) is 1.99. The Bertz CT molecular complexity index is 613. The Morgan fingerprint density at radius 1 is 1.47 bits per heavy atom. The number of hydrogen-bond acceptors (Lipinski definition) is 3. The van der Waals surface area contributed by atoms with Crippen LogP contribution >= 0.6 is 0 Å². The lowest BCUT2D eigenvalue weighted by Gasteiger charge is -2.21. The SMILES string of the molecule is C#CCN(CC1CC1)S(=O)(=O)c1cccc(N)c1C. The van der Waals surface area contributed by atoms with E-state index < -0.39 is 10.0 Å². The molecular formula is C14H18N2O2S. The number of hydrogen-bond donors (Lipinski definition) is 1. The Balaban J connectivity index is 2.38. The lowest BCUT2D eigenvalue weighted by molar-refractivity contribution is 0.430. The van der Waals surface area contributed by atoms with Crippen molar-refractivity contribution < 1.29 is 8.42 Å². The van der Waals surface area contributed by atoms with E-state index >= 15 is 0 Å². The van der Waals surface area contributed by atoms with Gasteiger partial charge in [0.25, 0.3) is 0 Å². The maximum Gasteiger partial charge on any atom is 0.244 e. The average molecular weight is 278 g/mol. The first-order valence-electron chi connectivity index (χ1n) is 6.25. The molecule has 0 spiro atoms. The van der Waals surface area contributed by atoms with Crippen LogP contribution in [0.15, 0.2) is 23.1 Å². The summed E-state index contributed by atoms with van der Waals surface area (Å²) < 4.78 is 26.6. The molecular weight excluding hydrogens is 260 g/mol. The molecule has 1 saturated carbocycles. The Kier molecular flexibility index (Phi) is 3.83. The third kappa shape index (κ3) is 2.91. The summed E-state index contributed by atoms with van der Waals surface area (Å²) >= 11 is 0.